The van der Waals surface area contributed by atoms with Gasteiger partial charge in [-0.1, -0.05) is 6.07 Å². The maximum Gasteiger partial charge on any atom is 0.121 e. The van der Waals surface area contributed by atoms with Crippen molar-refractivity contribution >= 4 is 27.3 Å². The van der Waals surface area contributed by atoms with Gasteiger partial charge in [0.2, 0.25) is 0 Å². The zero-order valence-corrected chi connectivity index (χ0v) is 11.4. The number of nitriles is 1. The number of ether oxygens (including phenoxy) is 1. The van der Waals surface area contributed by atoms with Gasteiger partial charge < -0.3 is 10.1 Å². The highest BCUT2D eigenvalue weighted by molar-refractivity contribution is 9.10. The quantitative estimate of drug-likeness (QED) is 0.929. The summed E-state index contributed by atoms with van der Waals surface area (Å²) in [6.45, 7) is 0. The minimum Gasteiger partial charge on any atom is -0.497 e. The molecule has 2 aromatic carbocycles. The molecule has 2 rings (SSSR count). The predicted molar refractivity (Wildman–Crippen MR) is 75.1 cm³/mol. The number of anilines is 2. The van der Waals surface area contributed by atoms with Crippen LogP contribution in [0.2, 0.25) is 0 Å². The Morgan fingerprint density at radius 1 is 1.22 bits per heavy atom. The number of nitrogens with zero attached hydrogens (tertiary/aromatic N) is 1. The Kier molecular flexibility index (Phi) is 3.85. The van der Waals surface area contributed by atoms with Crippen LogP contribution in [0.4, 0.5) is 11.4 Å². The molecule has 18 heavy (non-hydrogen) atoms. The smallest absolute Gasteiger partial charge is 0.121 e. The molecule has 90 valence electrons. The van der Waals surface area contributed by atoms with Gasteiger partial charge in [-0.15, -0.1) is 0 Å². The van der Waals surface area contributed by atoms with E-state index >= 15 is 0 Å². The maximum absolute atomic E-state index is 8.86. The van der Waals surface area contributed by atoms with E-state index in [1.54, 1.807) is 19.2 Å². The number of rotatable bonds is 3. The Morgan fingerprint density at radius 2 is 2.06 bits per heavy atom. The fourth-order valence-electron chi connectivity index (χ4n) is 1.55. The van der Waals surface area contributed by atoms with Gasteiger partial charge in [0.1, 0.15) is 5.75 Å². The lowest BCUT2D eigenvalue weighted by molar-refractivity contribution is 0.415. The number of halogens is 1. The summed E-state index contributed by atoms with van der Waals surface area (Å²) in [5.41, 5.74) is 2.38. The summed E-state index contributed by atoms with van der Waals surface area (Å²) in [5.74, 6) is 0.775. The van der Waals surface area contributed by atoms with Crippen LogP contribution in [-0.4, -0.2) is 7.11 Å². The van der Waals surface area contributed by atoms with E-state index in [1.165, 1.54) is 0 Å². The van der Waals surface area contributed by atoms with E-state index in [1.807, 2.05) is 30.3 Å². The lowest BCUT2D eigenvalue weighted by Crippen LogP contribution is -1.93. The maximum atomic E-state index is 8.86. The molecule has 4 heteroatoms. The third-order valence-electron chi connectivity index (χ3n) is 2.44. The summed E-state index contributed by atoms with van der Waals surface area (Å²) in [6.07, 6.45) is 0. The second-order valence-corrected chi connectivity index (χ2v) is 4.52. The van der Waals surface area contributed by atoms with E-state index < -0.39 is 0 Å². The summed E-state index contributed by atoms with van der Waals surface area (Å²) in [6, 6.07) is 15.1. The molecule has 1 N–H and O–H groups in total. The summed E-state index contributed by atoms with van der Waals surface area (Å²) in [4.78, 5) is 0. The molecule has 0 aromatic heterocycles. The Labute approximate surface area is 114 Å². The van der Waals surface area contributed by atoms with Crippen molar-refractivity contribution in [3.63, 3.8) is 0 Å². The molecule has 0 aliphatic rings. The first-order valence-electron chi connectivity index (χ1n) is 5.33. The van der Waals surface area contributed by atoms with Gasteiger partial charge in [0.25, 0.3) is 0 Å². The molecule has 0 aliphatic heterocycles. The van der Waals surface area contributed by atoms with Crippen LogP contribution in [0.1, 0.15) is 5.56 Å². The molecule has 0 bridgehead atoms. The lowest BCUT2D eigenvalue weighted by Gasteiger charge is -2.10. The zero-order valence-electron chi connectivity index (χ0n) is 9.77. The first kappa shape index (κ1) is 12.5. The van der Waals surface area contributed by atoms with Crippen LogP contribution in [-0.2, 0) is 0 Å². The van der Waals surface area contributed by atoms with Crippen LogP contribution in [0.3, 0.4) is 0 Å². The topological polar surface area (TPSA) is 45.0 Å². The monoisotopic (exact) mass is 302 g/mol. The number of hydrogen-bond acceptors (Lipinski definition) is 3. The van der Waals surface area contributed by atoms with Crippen molar-refractivity contribution in [2.75, 3.05) is 12.4 Å². The van der Waals surface area contributed by atoms with Crippen LogP contribution >= 0.6 is 15.9 Å². The van der Waals surface area contributed by atoms with E-state index in [0.29, 0.717) is 5.56 Å². The fraction of sp³-hybridized carbons (Fsp3) is 0.0714. The third-order valence-corrected chi connectivity index (χ3v) is 3.14. The standard InChI is InChI=1S/C14H11BrN2O/c1-18-12-5-6-13(15)14(8-12)17-11-4-2-3-10(7-11)9-16/h2-8,17H,1H3. The number of benzene rings is 2. The van der Waals surface area contributed by atoms with Crippen LogP contribution < -0.4 is 10.1 Å². The Morgan fingerprint density at radius 3 is 2.78 bits per heavy atom. The molecule has 0 saturated carbocycles. The van der Waals surface area contributed by atoms with Gasteiger partial charge in [-0.3, -0.25) is 0 Å². The first-order valence-corrected chi connectivity index (χ1v) is 6.13. The highest BCUT2D eigenvalue weighted by Crippen LogP contribution is 2.29. The first-order chi connectivity index (χ1) is 8.72. The van der Waals surface area contributed by atoms with Gasteiger partial charge in [0, 0.05) is 16.2 Å². The Bertz CT molecular complexity index is 605. The molecule has 0 unspecified atom stereocenters. The Balaban J connectivity index is 2.30. The molecule has 0 fully saturated rings. The van der Waals surface area contributed by atoms with E-state index in [9.17, 15) is 0 Å². The molecule has 0 atom stereocenters. The highest BCUT2D eigenvalue weighted by Gasteiger charge is 2.03. The third kappa shape index (κ3) is 2.82. The molecule has 3 nitrogen and oxygen atoms in total. The van der Waals surface area contributed by atoms with Crippen LogP contribution in [0.15, 0.2) is 46.9 Å². The second-order valence-electron chi connectivity index (χ2n) is 3.66. The van der Waals surface area contributed by atoms with E-state index in [-0.39, 0.29) is 0 Å². The van der Waals surface area contributed by atoms with Crippen LogP contribution in [0, 0.1) is 11.3 Å². The van der Waals surface area contributed by atoms with Crippen LogP contribution in [0.25, 0.3) is 0 Å². The molecule has 0 saturated heterocycles. The molecular formula is C14H11BrN2O. The largest absolute Gasteiger partial charge is 0.497 e. The number of hydrogen-bond donors (Lipinski definition) is 1. The molecule has 0 spiro atoms. The van der Waals surface area contributed by atoms with Crippen molar-refractivity contribution in [2.45, 2.75) is 0 Å². The average molecular weight is 303 g/mol. The normalized spacial score (nSPS) is 9.61. The van der Waals surface area contributed by atoms with Gasteiger partial charge in [0.15, 0.2) is 0 Å². The molecule has 2 aromatic rings. The molecule has 0 radical (unpaired) electrons. The van der Waals surface area contributed by atoms with E-state index in [4.69, 9.17) is 10.00 Å². The zero-order chi connectivity index (χ0) is 13.0. The summed E-state index contributed by atoms with van der Waals surface area (Å²) in [7, 11) is 1.63. The molecule has 0 amide bonds. The van der Waals surface area contributed by atoms with Gasteiger partial charge in [-0.05, 0) is 46.3 Å². The SMILES string of the molecule is COc1ccc(Br)c(Nc2cccc(C#N)c2)c1. The van der Waals surface area contributed by atoms with E-state index in [2.05, 4.69) is 27.3 Å². The Hall–Kier alpha value is -1.99. The average Bonchev–Trinajstić information content (AvgIpc) is 2.41. The fourth-order valence-corrected chi connectivity index (χ4v) is 1.89. The van der Waals surface area contributed by atoms with Gasteiger partial charge >= 0.3 is 0 Å². The number of nitrogens with one attached hydrogen (secondary N) is 1. The van der Waals surface area contributed by atoms with Crippen molar-refractivity contribution in [3.8, 4) is 11.8 Å². The number of methoxy groups -OCH3 is 1. The molecular weight excluding hydrogens is 292 g/mol. The van der Waals surface area contributed by atoms with Crippen molar-refractivity contribution < 1.29 is 4.74 Å². The minimum absolute atomic E-state index is 0.624. The van der Waals surface area contributed by atoms with Crippen molar-refractivity contribution in [1.29, 1.82) is 5.26 Å². The van der Waals surface area contributed by atoms with Gasteiger partial charge in [-0.2, -0.15) is 5.26 Å². The van der Waals surface area contributed by atoms with Crippen molar-refractivity contribution in [1.82, 2.24) is 0 Å². The minimum atomic E-state index is 0.624. The van der Waals surface area contributed by atoms with Crippen LogP contribution in [0.5, 0.6) is 5.75 Å². The summed E-state index contributed by atoms with van der Waals surface area (Å²) in [5, 5.41) is 12.1. The van der Waals surface area contributed by atoms with Crippen molar-refractivity contribution in [2.24, 2.45) is 0 Å². The van der Waals surface area contributed by atoms with Gasteiger partial charge in [-0.25, -0.2) is 0 Å². The van der Waals surface area contributed by atoms with Crippen molar-refractivity contribution in [3.05, 3.63) is 52.5 Å². The van der Waals surface area contributed by atoms with E-state index in [0.717, 1.165) is 21.6 Å². The second kappa shape index (κ2) is 5.56. The molecule has 0 heterocycles. The summed E-state index contributed by atoms with van der Waals surface area (Å²) < 4.78 is 6.12. The highest BCUT2D eigenvalue weighted by atomic mass is 79.9. The summed E-state index contributed by atoms with van der Waals surface area (Å²) >= 11 is 3.47. The molecule has 0 aliphatic carbocycles. The van der Waals surface area contributed by atoms with Gasteiger partial charge in [0.05, 0.1) is 24.4 Å². The lowest BCUT2D eigenvalue weighted by atomic mass is 10.2. The predicted octanol–water partition coefficient (Wildman–Crippen LogP) is 4.07.